The third-order valence-electron chi connectivity index (χ3n) is 8.31. The van der Waals surface area contributed by atoms with Gasteiger partial charge in [-0.3, -0.25) is 4.79 Å². The number of methoxy groups -OCH3 is 1. The van der Waals surface area contributed by atoms with Crippen LogP contribution < -0.4 is 0 Å². The zero-order chi connectivity index (χ0) is 34.3. The molecule has 2 aromatic rings. The van der Waals surface area contributed by atoms with E-state index in [1.807, 2.05) is 60.7 Å². The van der Waals surface area contributed by atoms with Crippen molar-refractivity contribution in [2.45, 2.75) is 114 Å². The number of azide groups is 2. The maximum Gasteiger partial charge on any atom is 0.305 e. The summed E-state index contributed by atoms with van der Waals surface area (Å²) in [5, 5.41) is 19.2. The number of aliphatic hydroxyl groups excluding tert-OH is 1. The van der Waals surface area contributed by atoms with E-state index in [9.17, 15) is 21.0 Å². The molecule has 0 aromatic heterocycles. The van der Waals surface area contributed by atoms with Gasteiger partial charge in [0.2, 0.25) is 0 Å². The van der Waals surface area contributed by atoms with Crippen molar-refractivity contribution in [3.8, 4) is 0 Å². The Balaban J connectivity index is 1.59. The van der Waals surface area contributed by atoms with Crippen LogP contribution in [0.2, 0.25) is 0 Å². The van der Waals surface area contributed by atoms with Gasteiger partial charge >= 0.3 is 5.97 Å². The molecule has 0 radical (unpaired) electrons. The van der Waals surface area contributed by atoms with Crippen LogP contribution in [-0.2, 0) is 51.2 Å². The number of rotatable bonds is 17. The van der Waals surface area contributed by atoms with Gasteiger partial charge in [0.15, 0.2) is 12.6 Å². The monoisotopic (exact) mass is 668 g/mol. The fourth-order valence-electron chi connectivity index (χ4n) is 5.72. The summed E-state index contributed by atoms with van der Waals surface area (Å²) in [5.41, 5.74) is 20.4. The highest BCUT2D eigenvalue weighted by molar-refractivity contribution is 5.68. The Morgan fingerprint density at radius 3 is 1.94 bits per heavy atom. The van der Waals surface area contributed by atoms with Crippen molar-refractivity contribution in [3.05, 3.63) is 92.7 Å². The van der Waals surface area contributed by atoms with E-state index in [0.717, 1.165) is 17.5 Å². The maximum atomic E-state index is 11.5. The van der Waals surface area contributed by atoms with Gasteiger partial charge in [-0.25, -0.2) is 0 Å². The maximum absolute atomic E-state index is 11.5. The van der Waals surface area contributed by atoms with E-state index in [1.54, 1.807) is 13.8 Å². The van der Waals surface area contributed by atoms with E-state index >= 15 is 0 Å². The number of benzene rings is 2. The summed E-state index contributed by atoms with van der Waals surface area (Å²) >= 11 is 0. The third kappa shape index (κ3) is 10.4. The lowest BCUT2D eigenvalue weighted by Crippen LogP contribution is -2.63. The molecule has 260 valence electrons. The molecule has 2 aromatic carbocycles. The molecule has 0 bridgehead atoms. The van der Waals surface area contributed by atoms with Crippen molar-refractivity contribution in [1.29, 1.82) is 0 Å². The summed E-state index contributed by atoms with van der Waals surface area (Å²) in [4.78, 5) is 17.4. The SMILES string of the molecule is COC(=O)CCCCCO[C@H]1O[C@H](C)[C@@H](N=[N+]=[N-])[C@H](O[C@H]2O[C@H](C)[C@@H](N=[N+]=[N-])[C@H](O)[C@@H]2OCc2ccccc2)[C@@H]1OCc1ccccc1. The van der Waals surface area contributed by atoms with Crippen LogP contribution in [0.5, 0.6) is 0 Å². The van der Waals surface area contributed by atoms with Gasteiger partial charge in [0, 0.05) is 22.9 Å². The number of carbonyl (C=O) groups is 1. The lowest BCUT2D eigenvalue weighted by Gasteiger charge is -2.48. The molecule has 0 amide bonds. The molecular formula is C33H44N6O9. The number of aliphatic hydroxyl groups is 1. The lowest BCUT2D eigenvalue weighted by atomic mass is 9.95. The van der Waals surface area contributed by atoms with Crippen LogP contribution in [0.3, 0.4) is 0 Å². The molecule has 15 heteroatoms. The predicted octanol–water partition coefficient (Wildman–Crippen LogP) is 5.50. The third-order valence-corrected chi connectivity index (χ3v) is 8.31. The van der Waals surface area contributed by atoms with Gasteiger partial charge in [0.1, 0.15) is 18.3 Å². The average Bonchev–Trinajstić information content (AvgIpc) is 3.09. The Kier molecular flexibility index (Phi) is 14.9. The molecule has 0 aliphatic carbocycles. The van der Waals surface area contributed by atoms with Gasteiger partial charge in [-0.15, -0.1) is 0 Å². The minimum Gasteiger partial charge on any atom is -0.469 e. The largest absolute Gasteiger partial charge is 0.469 e. The number of ether oxygens (including phenoxy) is 7. The zero-order valence-corrected chi connectivity index (χ0v) is 27.4. The van der Waals surface area contributed by atoms with Gasteiger partial charge in [-0.2, -0.15) is 0 Å². The van der Waals surface area contributed by atoms with Crippen molar-refractivity contribution in [2.75, 3.05) is 13.7 Å². The van der Waals surface area contributed by atoms with Crippen LogP contribution in [0.15, 0.2) is 70.9 Å². The van der Waals surface area contributed by atoms with Crippen molar-refractivity contribution < 1.29 is 43.1 Å². The molecule has 1 N–H and O–H groups in total. The molecule has 2 fully saturated rings. The summed E-state index contributed by atoms with van der Waals surface area (Å²) in [7, 11) is 1.36. The van der Waals surface area contributed by atoms with E-state index in [1.165, 1.54) is 7.11 Å². The Bertz CT molecular complexity index is 1360. The van der Waals surface area contributed by atoms with Crippen molar-refractivity contribution in [2.24, 2.45) is 10.2 Å². The van der Waals surface area contributed by atoms with Crippen LogP contribution >= 0.6 is 0 Å². The topological polar surface area (TPSA) is 199 Å². The second-order valence-corrected chi connectivity index (χ2v) is 11.7. The molecule has 2 aliphatic rings. The van der Waals surface area contributed by atoms with Gasteiger partial charge < -0.3 is 38.3 Å². The van der Waals surface area contributed by atoms with Gasteiger partial charge in [0.05, 0.1) is 50.7 Å². The molecule has 2 aliphatic heterocycles. The van der Waals surface area contributed by atoms with Crippen molar-refractivity contribution in [1.82, 2.24) is 0 Å². The van der Waals surface area contributed by atoms with Crippen LogP contribution in [0.1, 0.15) is 50.7 Å². The van der Waals surface area contributed by atoms with E-state index in [-0.39, 0.29) is 19.2 Å². The number of hydrogen-bond acceptors (Lipinski definition) is 11. The number of esters is 1. The molecule has 2 heterocycles. The quantitative estimate of drug-likeness (QED) is 0.0743. The first-order valence-corrected chi connectivity index (χ1v) is 16.1. The highest BCUT2D eigenvalue weighted by atomic mass is 16.7. The predicted molar refractivity (Wildman–Crippen MR) is 172 cm³/mol. The highest BCUT2D eigenvalue weighted by Crippen LogP contribution is 2.34. The molecule has 0 spiro atoms. The van der Waals surface area contributed by atoms with Gasteiger partial charge in [0.25, 0.3) is 0 Å². The number of unbranched alkanes of at least 4 members (excludes halogenated alkanes) is 2. The first kappa shape index (κ1) is 37.1. The van der Waals surface area contributed by atoms with Crippen LogP contribution in [0, 0.1) is 0 Å². The molecule has 2 saturated heterocycles. The second-order valence-electron chi connectivity index (χ2n) is 11.7. The molecular weight excluding hydrogens is 624 g/mol. The van der Waals surface area contributed by atoms with Crippen LogP contribution in [0.4, 0.5) is 0 Å². The van der Waals surface area contributed by atoms with Gasteiger partial charge in [-0.05, 0) is 48.9 Å². The minimum atomic E-state index is -1.28. The summed E-state index contributed by atoms with van der Waals surface area (Å²) in [6, 6.07) is 17.1. The number of hydrogen-bond donors (Lipinski definition) is 1. The van der Waals surface area contributed by atoms with Crippen LogP contribution in [-0.4, -0.2) is 86.1 Å². The normalized spacial score (nSPS) is 30.1. The zero-order valence-electron chi connectivity index (χ0n) is 27.4. The molecule has 48 heavy (non-hydrogen) atoms. The first-order chi connectivity index (χ1) is 23.4. The summed E-state index contributed by atoms with van der Waals surface area (Å²) in [5.74, 6) is -0.264. The molecule has 4 rings (SSSR count). The second kappa shape index (κ2) is 19.3. The van der Waals surface area contributed by atoms with Crippen LogP contribution in [0.25, 0.3) is 20.9 Å². The van der Waals surface area contributed by atoms with E-state index < -0.39 is 61.3 Å². The van der Waals surface area contributed by atoms with E-state index in [4.69, 9.17) is 33.2 Å². The smallest absolute Gasteiger partial charge is 0.305 e. The Hall–Kier alpha value is -3.75. The molecule has 0 unspecified atom stereocenters. The van der Waals surface area contributed by atoms with E-state index in [2.05, 4.69) is 20.1 Å². The Morgan fingerprint density at radius 2 is 1.33 bits per heavy atom. The number of carbonyl (C=O) groups excluding carboxylic acids is 1. The fourth-order valence-corrected chi connectivity index (χ4v) is 5.72. The summed E-state index contributed by atoms with van der Waals surface area (Å²) < 4.78 is 42.5. The molecule has 10 atom stereocenters. The Labute approximate surface area is 279 Å². The van der Waals surface area contributed by atoms with Crippen molar-refractivity contribution >= 4 is 5.97 Å². The Morgan fingerprint density at radius 1 is 0.771 bits per heavy atom. The minimum absolute atomic E-state index is 0.114. The standard InChI is InChI=1S/C33H44N6O9/c1-21-26(36-38-34)28(41)30(44-19-23-13-7-4-8-14-23)33(47-21)48-29-27(37-39-35)22(2)46-32(43-18-12-6-11-17-25(40)42-3)31(29)45-20-24-15-9-5-10-16-24/h4-5,7-10,13-16,21-22,26-33,41H,6,11-12,17-20H2,1-3H3/t21-,22-,26-,27-,28+,29+,30+,31+,32+,33-/m1/s1. The summed E-state index contributed by atoms with van der Waals surface area (Å²) in [6.45, 7) is 4.00. The van der Waals surface area contributed by atoms with E-state index in [0.29, 0.717) is 25.9 Å². The fraction of sp³-hybridized carbons (Fsp3) is 0.606. The molecule has 15 nitrogen and oxygen atoms in total. The molecule has 0 saturated carbocycles. The average molecular weight is 669 g/mol. The number of nitrogens with zero attached hydrogens (tertiary/aromatic N) is 6. The lowest BCUT2D eigenvalue weighted by molar-refractivity contribution is -0.341. The highest BCUT2D eigenvalue weighted by Gasteiger charge is 2.51. The van der Waals surface area contributed by atoms with Gasteiger partial charge in [-0.1, -0.05) is 77.3 Å². The summed E-state index contributed by atoms with van der Waals surface area (Å²) in [6.07, 6.45) is -5.42. The van der Waals surface area contributed by atoms with Crippen molar-refractivity contribution in [3.63, 3.8) is 0 Å². The first-order valence-electron chi connectivity index (χ1n) is 16.1.